The first-order chi connectivity index (χ1) is 9.69. The lowest BCUT2D eigenvalue weighted by Gasteiger charge is -2.02. The molecule has 0 bridgehead atoms. The van der Waals surface area contributed by atoms with Gasteiger partial charge < -0.3 is 9.30 Å². The zero-order valence-corrected chi connectivity index (χ0v) is 11.5. The van der Waals surface area contributed by atoms with Crippen LogP contribution in [0, 0.1) is 0 Å². The maximum Gasteiger partial charge on any atom is 0.245 e. The van der Waals surface area contributed by atoms with Crippen molar-refractivity contribution in [3.8, 4) is 5.75 Å². The molecule has 20 heavy (non-hydrogen) atoms. The van der Waals surface area contributed by atoms with Crippen LogP contribution in [0.1, 0.15) is 11.3 Å². The fourth-order valence-corrected chi connectivity index (χ4v) is 1.75. The number of nitrogens with one attached hydrogen (secondary N) is 1. The van der Waals surface area contributed by atoms with Crippen LogP contribution in [0.3, 0.4) is 0 Å². The van der Waals surface area contributed by atoms with E-state index in [4.69, 9.17) is 4.74 Å². The van der Waals surface area contributed by atoms with E-state index in [0.717, 1.165) is 17.0 Å². The first kappa shape index (κ1) is 13.9. The largest absolute Gasteiger partial charge is 0.497 e. The van der Waals surface area contributed by atoms with Gasteiger partial charge in [0.1, 0.15) is 5.75 Å². The van der Waals surface area contributed by atoms with Gasteiger partial charge >= 0.3 is 0 Å². The minimum absolute atomic E-state index is 0.142. The van der Waals surface area contributed by atoms with Crippen LogP contribution in [0.2, 0.25) is 0 Å². The summed E-state index contributed by atoms with van der Waals surface area (Å²) in [6, 6.07) is 11.2. The minimum Gasteiger partial charge on any atom is -0.497 e. The van der Waals surface area contributed by atoms with Crippen molar-refractivity contribution < 1.29 is 9.53 Å². The molecule has 0 fully saturated rings. The number of methoxy groups -OCH3 is 1. The Bertz CT molecular complexity index is 600. The minimum atomic E-state index is -0.142. The molecule has 5 heteroatoms. The SMILES string of the molecule is COc1ccc(/C=N/NC(=O)Cc2cccn2C)cc1. The quantitative estimate of drug-likeness (QED) is 0.665. The Labute approximate surface area is 117 Å². The number of carbonyl (C=O) groups is 1. The Hall–Kier alpha value is -2.56. The summed E-state index contributed by atoms with van der Waals surface area (Å²) in [6.45, 7) is 0. The molecule has 0 saturated carbocycles. The third kappa shape index (κ3) is 3.71. The Balaban J connectivity index is 1.86. The van der Waals surface area contributed by atoms with E-state index in [2.05, 4.69) is 10.5 Å². The molecular weight excluding hydrogens is 254 g/mol. The number of ether oxygens (including phenoxy) is 1. The standard InChI is InChI=1S/C15H17N3O2/c1-18-9-3-4-13(18)10-15(19)17-16-11-12-5-7-14(20-2)8-6-12/h3-9,11H,10H2,1-2H3,(H,17,19)/b16-11+. The second kappa shape index (κ2) is 6.56. The van der Waals surface area contributed by atoms with Gasteiger partial charge in [-0.3, -0.25) is 4.79 Å². The molecule has 1 amide bonds. The molecule has 0 aliphatic heterocycles. The van der Waals surface area contributed by atoms with Crippen molar-refractivity contribution >= 4 is 12.1 Å². The van der Waals surface area contributed by atoms with Gasteiger partial charge in [-0.15, -0.1) is 0 Å². The number of aromatic nitrogens is 1. The number of nitrogens with zero attached hydrogens (tertiary/aromatic N) is 2. The molecule has 2 rings (SSSR count). The van der Waals surface area contributed by atoms with Gasteiger partial charge in [0.05, 0.1) is 19.7 Å². The molecule has 1 heterocycles. The Morgan fingerprint density at radius 2 is 2.10 bits per heavy atom. The van der Waals surface area contributed by atoms with Gasteiger partial charge in [0.25, 0.3) is 0 Å². The molecule has 0 aliphatic carbocycles. The topological polar surface area (TPSA) is 55.6 Å². The number of hydrogen-bond donors (Lipinski definition) is 1. The molecule has 1 aromatic carbocycles. The summed E-state index contributed by atoms with van der Waals surface area (Å²) < 4.78 is 6.97. The Morgan fingerprint density at radius 1 is 1.35 bits per heavy atom. The van der Waals surface area contributed by atoms with E-state index >= 15 is 0 Å². The first-order valence-electron chi connectivity index (χ1n) is 6.25. The van der Waals surface area contributed by atoms with E-state index < -0.39 is 0 Å². The molecule has 0 unspecified atom stereocenters. The third-order valence-corrected chi connectivity index (χ3v) is 2.91. The predicted molar refractivity (Wildman–Crippen MR) is 77.8 cm³/mol. The second-order valence-corrected chi connectivity index (χ2v) is 4.35. The number of hydrazone groups is 1. The van der Waals surface area contributed by atoms with Gasteiger partial charge in [-0.05, 0) is 42.0 Å². The van der Waals surface area contributed by atoms with Crippen molar-refractivity contribution in [1.29, 1.82) is 0 Å². The number of rotatable bonds is 5. The van der Waals surface area contributed by atoms with Crippen molar-refractivity contribution in [2.75, 3.05) is 7.11 Å². The smallest absolute Gasteiger partial charge is 0.245 e. The summed E-state index contributed by atoms with van der Waals surface area (Å²) in [5.41, 5.74) is 4.35. The molecule has 104 valence electrons. The van der Waals surface area contributed by atoms with Gasteiger partial charge in [-0.2, -0.15) is 5.10 Å². The summed E-state index contributed by atoms with van der Waals surface area (Å²) in [7, 11) is 3.52. The van der Waals surface area contributed by atoms with E-state index in [1.54, 1.807) is 13.3 Å². The normalized spacial score (nSPS) is 10.7. The van der Waals surface area contributed by atoms with Crippen LogP contribution in [-0.4, -0.2) is 23.8 Å². The summed E-state index contributed by atoms with van der Waals surface area (Å²) >= 11 is 0. The van der Waals surface area contributed by atoms with E-state index in [1.165, 1.54) is 0 Å². The number of benzene rings is 1. The zero-order valence-electron chi connectivity index (χ0n) is 11.5. The Morgan fingerprint density at radius 3 is 2.70 bits per heavy atom. The van der Waals surface area contributed by atoms with Gasteiger partial charge in [-0.25, -0.2) is 5.43 Å². The molecule has 1 aromatic heterocycles. The van der Waals surface area contributed by atoms with Crippen LogP contribution in [0.15, 0.2) is 47.7 Å². The maximum absolute atomic E-state index is 11.7. The lowest BCUT2D eigenvalue weighted by molar-refractivity contribution is -0.120. The molecular formula is C15H17N3O2. The molecule has 0 saturated heterocycles. The van der Waals surface area contributed by atoms with E-state index in [0.29, 0.717) is 6.42 Å². The highest BCUT2D eigenvalue weighted by atomic mass is 16.5. The van der Waals surface area contributed by atoms with Crippen molar-refractivity contribution in [3.05, 3.63) is 53.9 Å². The van der Waals surface area contributed by atoms with E-state index in [-0.39, 0.29) is 5.91 Å². The second-order valence-electron chi connectivity index (χ2n) is 4.35. The van der Waals surface area contributed by atoms with Crippen molar-refractivity contribution in [2.24, 2.45) is 12.1 Å². The number of carbonyl (C=O) groups excluding carboxylic acids is 1. The Kier molecular flexibility index (Phi) is 4.55. The molecule has 1 N–H and O–H groups in total. The van der Waals surface area contributed by atoms with Gasteiger partial charge in [-0.1, -0.05) is 0 Å². The first-order valence-corrected chi connectivity index (χ1v) is 6.25. The van der Waals surface area contributed by atoms with Gasteiger partial charge in [0.2, 0.25) is 5.91 Å². The average molecular weight is 271 g/mol. The molecule has 2 aromatic rings. The third-order valence-electron chi connectivity index (χ3n) is 2.91. The predicted octanol–water partition coefficient (Wildman–Crippen LogP) is 1.73. The fraction of sp³-hybridized carbons (Fsp3) is 0.200. The highest BCUT2D eigenvalue weighted by molar-refractivity contribution is 5.83. The summed E-state index contributed by atoms with van der Waals surface area (Å²) in [5.74, 6) is 0.645. The van der Waals surface area contributed by atoms with Gasteiger partial charge in [0.15, 0.2) is 0 Å². The molecule has 0 atom stereocenters. The highest BCUT2D eigenvalue weighted by Crippen LogP contribution is 2.09. The monoisotopic (exact) mass is 271 g/mol. The summed E-state index contributed by atoms with van der Waals surface area (Å²) in [6.07, 6.45) is 3.81. The van der Waals surface area contributed by atoms with Crippen LogP contribution in [-0.2, 0) is 18.3 Å². The average Bonchev–Trinajstić information content (AvgIpc) is 2.85. The van der Waals surface area contributed by atoms with Crippen LogP contribution in [0.4, 0.5) is 0 Å². The van der Waals surface area contributed by atoms with Crippen molar-refractivity contribution in [2.45, 2.75) is 6.42 Å². The zero-order chi connectivity index (χ0) is 14.4. The van der Waals surface area contributed by atoms with Crippen LogP contribution >= 0.6 is 0 Å². The lowest BCUT2D eigenvalue weighted by Crippen LogP contribution is -2.20. The van der Waals surface area contributed by atoms with E-state index in [9.17, 15) is 4.79 Å². The number of hydrogen-bond acceptors (Lipinski definition) is 3. The highest BCUT2D eigenvalue weighted by Gasteiger charge is 2.04. The van der Waals surface area contributed by atoms with Crippen LogP contribution in [0.25, 0.3) is 0 Å². The van der Waals surface area contributed by atoms with Crippen molar-refractivity contribution in [3.63, 3.8) is 0 Å². The van der Waals surface area contributed by atoms with Crippen LogP contribution in [0.5, 0.6) is 5.75 Å². The number of amides is 1. The molecule has 5 nitrogen and oxygen atoms in total. The molecule has 0 spiro atoms. The molecule has 0 radical (unpaired) electrons. The molecule has 0 aliphatic rings. The van der Waals surface area contributed by atoms with Crippen molar-refractivity contribution in [1.82, 2.24) is 9.99 Å². The number of aryl methyl sites for hydroxylation is 1. The van der Waals surface area contributed by atoms with Gasteiger partial charge in [0, 0.05) is 18.9 Å². The van der Waals surface area contributed by atoms with Crippen LogP contribution < -0.4 is 10.2 Å². The summed E-state index contributed by atoms with van der Waals surface area (Å²) in [4.78, 5) is 11.7. The van der Waals surface area contributed by atoms with E-state index in [1.807, 2.05) is 54.2 Å². The summed E-state index contributed by atoms with van der Waals surface area (Å²) in [5, 5.41) is 3.93. The maximum atomic E-state index is 11.7. The lowest BCUT2D eigenvalue weighted by atomic mass is 10.2. The fourth-order valence-electron chi connectivity index (χ4n) is 1.75.